The van der Waals surface area contributed by atoms with Crippen molar-refractivity contribution in [2.45, 2.75) is 65.2 Å². The third kappa shape index (κ3) is 13.0. The van der Waals surface area contributed by atoms with Crippen LogP contribution in [0, 0.1) is 25.7 Å². The molecule has 180 valence electrons. The Balaban J connectivity index is 0.000000320. The molecule has 0 aliphatic carbocycles. The normalized spacial score (nSPS) is 12.7. The Kier molecular flexibility index (Phi) is 15.7. The Morgan fingerprint density at radius 2 is 0.875 bits per heavy atom. The maximum Gasteiger partial charge on any atom is 0.0462 e. The highest BCUT2D eigenvalue weighted by molar-refractivity contribution is 5.22. The molecule has 0 saturated carbocycles. The lowest BCUT2D eigenvalue weighted by molar-refractivity contribution is 0.209. The molecular formula is C28H44O4. The van der Waals surface area contributed by atoms with E-state index in [-0.39, 0.29) is 26.4 Å². The predicted octanol–water partition coefficient (Wildman–Crippen LogP) is 4.62. The summed E-state index contributed by atoms with van der Waals surface area (Å²) in [5, 5.41) is 36.0. The van der Waals surface area contributed by atoms with E-state index in [0.29, 0.717) is 11.8 Å². The van der Waals surface area contributed by atoms with Crippen LogP contribution in [0.1, 0.15) is 60.8 Å². The van der Waals surface area contributed by atoms with E-state index >= 15 is 0 Å². The standard InChI is InChI=1S/2C14H22O2/c2*1-12-5-7-13(8-6-12)10-14(11-16)4-2-3-9-15/h2*5-8,14-16H,2-4,9-11H2,1H3/t2*14-/m10/s1. The maximum absolute atomic E-state index is 9.28. The highest BCUT2D eigenvalue weighted by Crippen LogP contribution is 2.16. The molecule has 2 atom stereocenters. The topological polar surface area (TPSA) is 80.9 Å². The highest BCUT2D eigenvalue weighted by Gasteiger charge is 2.09. The molecule has 2 aromatic carbocycles. The predicted molar refractivity (Wildman–Crippen MR) is 133 cm³/mol. The van der Waals surface area contributed by atoms with Crippen molar-refractivity contribution in [1.29, 1.82) is 0 Å². The summed E-state index contributed by atoms with van der Waals surface area (Å²) in [7, 11) is 0. The van der Waals surface area contributed by atoms with Gasteiger partial charge in [-0.3, -0.25) is 0 Å². The fourth-order valence-corrected chi connectivity index (χ4v) is 3.72. The number of aliphatic hydroxyl groups excluding tert-OH is 4. The Bertz CT molecular complexity index is 620. The molecule has 4 nitrogen and oxygen atoms in total. The van der Waals surface area contributed by atoms with Crippen LogP contribution in [0.25, 0.3) is 0 Å². The Labute approximate surface area is 195 Å². The molecule has 0 bridgehead atoms. The van der Waals surface area contributed by atoms with E-state index in [1.165, 1.54) is 22.3 Å². The molecule has 0 saturated heterocycles. The minimum Gasteiger partial charge on any atom is -0.396 e. The minimum absolute atomic E-state index is 0.235. The monoisotopic (exact) mass is 444 g/mol. The lowest BCUT2D eigenvalue weighted by Gasteiger charge is -2.13. The van der Waals surface area contributed by atoms with E-state index in [9.17, 15) is 10.2 Å². The van der Waals surface area contributed by atoms with Crippen molar-refractivity contribution >= 4 is 0 Å². The van der Waals surface area contributed by atoms with E-state index in [1.807, 2.05) is 0 Å². The fraction of sp³-hybridized carbons (Fsp3) is 0.571. The van der Waals surface area contributed by atoms with Gasteiger partial charge in [0.25, 0.3) is 0 Å². The third-order valence-electron chi connectivity index (χ3n) is 5.85. The summed E-state index contributed by atoms with van der Waals surface area (Å²) >= 11 is 0. The molecule has 0 unspecified atom stereocenters. The number of hydrogen-bond donors (Lipinski definition) is 4. The number of unbranched alkanes of at least 4 members (excludes halogenated alkanes) is 2. The van der Waals surface area contributed by atoms with Crippen LogP contribution in [-0.2, 0) is 12.8 Å². The molecule has 4 N–H and O–H groups in total. The van der Waals surface area contributed by atoms with Crippen LogP contribution in [-0.4, -0.2) is 46.9 Å². The lowest BCUT2D eigenvalue weighted by Crippen LogP contribution is -2.10. The van der Waals surface area contributed by atoms with Gasteiger partial charge in [-0.2, -0.15) is 0 Å². The van der Waals surface area contributed by atoms with Gasteiger partial charge < -0.3 is 20.4 Å². The molecule has 0 aromatic heterocycles. The number of benzene rings is 2. The van der Waals surface area contributed by atoms with Gasteiger partial charge in [-0.1, -0.05) is 72.5 Å². The zero-order valence-corrected chi connectivity index (χ0v) is 20.0. The van der Waals surface area contributed by atoms with Crippen LogP contribution >= 0.6 is 0 Å². The Morgan fingerprint density at radius 1 is 0.531 bits per heavy atom. The molecule has 0 radical (unpaired) electrons. The second kappa shape index (κ2) is 17.8. The van der Waals surface area contributed by atoms with E-state index in [4.69, 9.17) is 10.2 Å². The fourth-order valence-electron chi connectivity index (χ4n) is 3.72. The van der Waals surface area contributed by atoms with Gasteiger partial charge in [0.05, 0.1) is 0 Å². The van der Waals surface area contributed by atoms with Crippen LogP contribution < -0.4 is 0 Å². The van der Waals surface area contributed by atoms with Gasteiger partial charge in [0, 0.05) is 26.4 Å². The molecule has 32 heavy (non-hydrogen) atoms. The molecule has 0 aliphatic rings. The summed E-state index contributed by atoms with van der Waals surface area (Å²) < 4.78 is 0. The summed E-state index contributed by atoms with van der Waals surface area (Å²) in [4.78, 5) is 0. The van der Waals surface area contributed by atoms with Gasteiger partial charge in [0.1, 0.15) is 0 Å². The van der Waals surface area contributed by atoms with Crippen molar-refractivity contribution in [1.82, 2.24) is 0 Å². The third-order valence-corrected chi connectivity index (χ3v) is 5.85. The van der Waals surface area contributed by atoms with E-state index < -0.39 is 0 Å². The average Bonchev–Trinajstić information content (AvgIpc) is 2.81. The van der Waals surface area contributed by atoms with Crippen molar-refractivity contribution in [3.05, 3.63) is 70.8 Å². The van der Waals surface area contributed by atoms with Crippen LogP contribution in [0.3, 0.4) is 0 Å². The van der Waals surface area contributed by atoms with Crippen molar-refractivity contribution in [3.8, 4) is 0 Å². The summed E-state index contributed by atoms with van der Waals surface area (Å²) in [6.07, 6.45) is 7.51. The van der Waals surface area contributed by atoms with Crippen LogP contribution in [0.4, 0.5) is 0 Å². The molecule has 0 spiro atoms. The first-order valence-electron chi connectivity index (χ1n) is 12.1. The van der Waals surface area contributed by atoms with Gasteiger partial charge in [0.15, 0.2) is 0 Å². The van der Waals surface area contributed by atoms with Crippen molar-refractivity contribution in [3.63, 3.8) is 0 Å². The number of aliphatic hydroxyl groups is 4. The molecular weight excluding hydrogens is 400 g/mol. The zero-order chi connectivity index (χ0) is 23.6. The average molecular weight is 445 g/mol. The highest BCUT2D eigenvalue weighted by atomic mass is 16.3. The van der Waals surface area contributed by atoms with Crippen molar-refractivity contribution < 1.29 is 20.4 Å². The molecule has 0 heterocycles. The smallest absolute Gasteiger partial charge is 0.0462 e. The quantitative estimate of drug-likeness (QED) is 0.321. The summed E-state index contributed by atoms with van der Waals surface area (Å²) in [5.41, 5.74) is 5.11. The molecule has 0 fully saturated rings. The molecule has 0 aliphatic heterocycles. The van der Waals surface area contributed by atoms with E-state index in [2.05, 4.69) is 62.4 Å². The Hall–Kier alpha value is -1.72. The maximum atomic E-state index is 9.28. The molecule has 2 aromatic rings. The van der Waals surface area contributed by atoms with E-state index in [0.717, 1.165) is 51.4 Å². The lowest BCUT2D eigenvalue weighted by atomic mass is 9.94. The van der Waals surface area contributed by atoms with Gasteiger partial charge >= 0.3 is 0 Å². The zero-order valence-electron chi connectivity index (χ0n) is 20.0. The van der Waals surface area contributed by atoms with E-state index in [1.54, 1.807) is 0 Å². The van der Waals surface area contributed by atoms with Crippen LogP contribution in [0.2, 0.25) is 0 Å². The second-order valence-electron chi connectivity index (χ2n) is 8.92. The molecule has 2 rings (SSSR count). The van der Waals surface area contributed by atoms with Crippen LogP contribution in [0.15, 0.2) is 48.5 Å². The largest absolute Gasteiger partial charge is 0.396 e. The molecule has 4 heteroatoms. The number of aryl methyl sites for hydroxylation is 2. The van der Waals surface area contributed by atoms with Crippen molar-refractivity contribution in [2.24, 2.45) is 11.8 Å². The summed E-state index contributed by atoms with van der Waals surface area (Å²) in [6, 6.07) is 17.0. The number of hydrogen-bond acceptors (Lipinski definition) is 4. The summed E-state index contributed by atoms with van der Waals surface area (Å²) in [6.45, 7) is 5.13. The first-order valence-corrected chi connectivity index (χ1v) is 12.1. The van der Waals surface area contributed by atoms with Gasteiger partial charge in [0.2, 0.25) is 0 Å². The number of rotatable bonds is 14. The van der Waals surface area contributed by atoms with Gasteiger partial charge in [-0.15, -0.1) is 0 Å². The first kappa shape index (κ1) is 28.3. The SMILES string of the molecule is Cc1ccc(C[C@@H](CO)CCCCO)cc1.Cc1ccc(C[C@H](CO)CCCCO)cc1. The Morgan fingerprint density at radius 3 is 1.16 bits per heavy atom. The first-order chi connectivity index (χ1) is 15.5. The summed E-state index contributed by atoms with van der Waals surface area (Å²) in [5.74, 6) is 0.656. The minimum atomic E-state index is 0.235. The van der Waals surface area contributed by atoms with Crippen molar-refractivity contribution in [2.75, 3.05) is 26.4 Å². The van der Waals surface area contributed by atoms with Gasteiger partial charge in [-0.25, -0.2) is 0 Å². The molecule has 0 amide bonds. The second-order valence-corrected chi connectivity index (χ2v) is 8.92. The van der Waals surface area contributed by atoms with Gasteiger partial charge in [-0.05, 0) is 75.3 Å². The van der Waals surface area contributed by atoms with Crippen LogP contribution in [0.5, 0.6) is 0 Å².